The van der Waals surface area contributed by atoms with Crippen LogP contribution < -0.4 is 10.1 Å². The molecule has 1 amide bonds. The van der Waals surface area contributed by atoms with Crippen molar-refractivity contribution in [2.75, 3.05) is 26.4 Å². The van der Waals surface area contributed by atoms with Crippen LogP contribution in [0.4, 0.5) is 0 Å². The number of hydrogen-bond acceptors (Lipinski definition) is 4. The van der Waals surface area contributed by atoms with Crippen LogP contribution in [0, 0.1) is 5.92 Å². The Hall–Kier alpha value is -1.59. The van der Waals surface area contributed by atoms with Gasteiger partial charge in [-0.25, -0.2) is 0 Å². The van der Waals surface area contributed by atoms with Crippen molar-refractivity contribution in [2.45, 2.75) is 24.9 Å². The van der Waals surface area contributed by atoms with E-state index >= 15 is 0 Å². The van der Waals surface area contributed by atoms with Crippen molar-refractivity contribution in [2.24, 2.45) is 5.92 Å². The van der Waals surface area contributed by atoms with Gasteiger partial charge in [-0.2, -0.15) is 0 Å². The summed E-state index contributed by atoms with van der Waals surface area (Å²) in [5.41, 5.74) is 0.232. The van der Waals surface area contributed by atoms with Crippen LogP contribution in [0.5, 0.6) is 5.75 Å². The van der Waals surface area contributed by atoms with Crippen molar-refractivity contribution >= 4 is 5.91 Å². The summed E-state index contributed by atoms with van der Waals surface area (Å²) in [5, 5.41) is 13.2. The maximum absolute atomic E-state index is 12.3. The molecule has 2 heterocycles. The van der Waals surface area contributed by atoms with Crippen molar-refractivity contribution in [1.29, 1.82) is 0 Å². The standard InChI is InChI=1S/C16H21NO4/c18-15(17-11-16(19)5-7-20-8-6-16)13-9-12-3-1-2-4-14(12)21-10-13/h1-4,13,19H,5-11H2,(H,17,18). The van der Waals surface area contributed by atoms with E-state index in [1.807, 2.05) is 24.3 Å². The minimum atomic E-state index is -0.832. The lowest BCUT2D eigenvalue weighted by Crippen LogP contribution is -2.49. The highest BCUT2D eigenvalue weighted by Crippen LogP contribution is 2.27. The number of benzene rings is 1. The topological polar surface area (TPSA) is 67.8 Å². The third-order valence-corrected chi connectivity index (χ3v) is 4.26. The summed E-state index contributed by atoms with van der Waals surface area (Å²) in [6.07, 6.45) is 1.82. The second kappa shape index (κ2) is 6.03. The van der Waals surface area contributed by atoms with E-state index in [-0.39, 0.29) is 18.4 Å². The largest absolute Gasteiger partial charge is 0.492 e. The van der Waals surface area contributed by atoms with E-state index in [4.69, 9.17) is 9.47 Å². The number of amides is 1. The first-order valence-corrected chi connectivity index (χ1v) is 7.45. The maximum Gasteiger partial charge on any atom is 0.226 e. The van der Waals surface area contributed by atoms with Gasteiger partial charge in [0.2, 0.25) is 5.91 Å². The highest BCUT2D eigenvalue weighted by atomic mass is 16.5. The number of carbonyl (C=O) groups is 1. The van der Waals surface area contributed by atoms with E-state index < -0.39 is 5.60 Å². The van der Waals surface area contributed by atoms with Crippen LogP contribution in [-0.4, -0.2) is 43.0 Å². The van der Waals surface area contributed by atoms with Gasteiger partial charge in [0.05, 0.1) is 11.5 Å². The Balaban J connectivity index is 1.55. The van der Waals surface area contributed by atoms with Crippen LogP contribution in [-0.2, 0) is 16.0 Å². The number of fused-ring (bicyclic) bond motifs is 1. The molecule has 1 fully saturated rings. The third kappa shape index (κ3) is 3.36. The Morgan fingerprint density at radius 2 is 2.10 bits per heavy atom. The molecule has 21 heavy (non-hydrogen) atoms. The average molecular weight is 291 g/mol. The summed E-state index contributed by atoms with van der Waals surface area (Å²) in [4.78, 5) is 12.3. The molecule has 1 aromatic carbocycles. The molecule has 0 radical (unpaired) electrons. The predicted octanol–water partition coefficient (Wildman–Crippen LogP) is 0.895. The molecule has 1 unspecified atom stereocenters. The molecule has 2 aliphatic rings. The van der Waals surface area contributed by atoms with E-state index in [9.17, 15) is 9.90 Å². The van der Waals surface area contributed by atoms with Gasteiger partial charge in [0.15, 0.2) is 0 Å². The van der Waals surface area contributed by atoms with Gasteiger partial charge in [-0.15, -0.1) is 0 Å². The van der Waals surface area contributed by atoms with Gasteiger partial charge in [-0.05, 0) is 18.1 Å². The van der Waals surface area contributed by atoms with E-state index in [2.05, 4.69) is 5.32 Å². The smallest absolute Gasteiger partial charge is 0.226 e. The SMILES string of the molecule is O=C(NCC1(O)CCOCC1)C1COc2ccccc2C1. The molecule has 1 atom stereocenters. The molecule has 2 aliphatic heterocycles. The van der Waals surface area contributed by atoms with E-state index in [0.29, 0.717) is 39.1 Å². The molecule has 0 aromatic heterocycles. The Labute approximate surface area is 124 Å². The summed E-state index contributed by atoms with van der Waals surface area (Å²) in [6.45, 7) is 1.77. The minimum Gasteiger partial charge on any atom is -0.492 e. The molecule has 0 saturated carbocycles. The molecule has 1 aromatic rings. The first kappa shape index (κ1) is 14.4. The lowest BCUT2D eigenvalue weighted by Gasteiger charge is -2.33. The highest BCUT2D eigenvalue weighted by Gasteiger charge is 2.32. The summed E-state index contributed by atoms with van der Waals surface area (Å²) in [6, 6.07) is 7.79. The van der Waals surface area contributed by atoms with Gasteiger partial charge in [0.1, 0.15) is 12.4 Å². The monoisotopic (exact) mass is 291 g/mol. The average Bonchev–Trinajstić information content (AvgIpc) is 2.53. The van der Waals surface area contributed by atoms with Crippen LogP contribution in [0.25, 0.3) is 0 Å². The van der Waals surface area contributed by atoms with E-state index in [0.717, 1.165) is 11.3 Å². The third-order valence-electron chi connectivity index (χ3n) is 4.26. The minimum absolute atomic E-state index is 0.0515. The summed E-state index contributed by atoms with van der Waals surface area (Å²) in [7, 11) is 0. The van der Waals surface area contributed by atoms with Crippen LogP contribution in [0.1, 0.15) is 18.4 Å². The molecule has 5 nitrogen and oxygen atoms in total. The van der Waals surface area contributed by atoms with Crippen LogP contribution >= 0.6 is 0 Å². The molecule has 114 valence electrons. The zero-order chi connectivity index (χ0) is 14.7. The fourth-order valence-corrected chi connectivity index (χ4v) is 2.82. The molecule has 5 heteroatoms. The second-order valence-electron chi connectivity index (χ2n) is 5.87. The zero-order valence-electron chi connectivity index (χ0n) is 12.0. The van der Waals surface area contributed by atoms with Crippen molar-refractivity contribution in [1.82, 2.24) is 5.32 Å². The maximum atomic E-state index is 12.3. The first-order chi connectivity index (χ1) is 10.2. The van der Waals surface area contributed by atoms with Gasteiger partial charge in [0, 0.05) is 32.6 Å². The van der Waals surface area contributed by atoms with Crippen molar-refractivity contribution < 1.29 is 19.4 Å². The summed E-state index contributed by atoms with van der Waals surface area (Å²) >= 11 is 0. The van der Waals surface area contributed by atoms with Crippen LogP contribution in [0.15, 0.2) is 24.3 Å². The fraction of sp³-hybridized carbons (Fsp3) is 0.562. The number of rotatable bonds is 3. The molecular formula is C16H21NO4. The molecule has 0 bridgehead atoms. The van der Waals surface area contributed by atoms with E-state index in [1.54, 1.807) is 0 Å². The molecule has 0 spiro atoms. The van der Waals surface area contributed by atoms with Gasteiger partial charge in [-0.1, -0.05) is 18.2 Å². The molecular weight excluding hydrogens is 270 g/mol. The zero-order valence-corrected chi connectivity index (χ0v) is 12.0. The fourth-order valence-electron chi connectivity index (χ4n) is 2.82. The molecule has 1 saturated heterocycles. The lowest BCUT2D eigenvalue weighted by molar-refractivity contribution is -0.129. The summed E-state index contributed by atoms with van der Waals surface area (Å²) in [5.74, 6) is 0.623. The first-order valence-electron chi connectivity index (χ1n) is 7.45. The number of hydrogen-bond donors (Lipinski definition) is 2. The van der Waals surface area contributed by atoms with Crippen LogP contribution in [0.2, 0.25) is 0 Å². The van der Waals surface area contributed by atoms with Gasteiger partial charge in [0.25, 0.3) is 0 Å². The summed E-state index contributed by atoms with van der Waals surface area (Å²) < 4.78 is 10.9. The van der Waals surface area contributed by atoms with E-state index in [1.165, 1.54) is 0 Å². The van der Waals surface area contributed by atoms with Gasteiger partial charge in [-0.3, -0.25) is 4.79 Å². The number of carbonyl (C=O) groups excluding carboxylic acids is 1. The van der Waals surface area contributed by atoms with Crippen molar-refractivity contribution in [3.05, 3.63) is 29.8 Å². The normalized spacial score (nSPS) is 23.8. The second-order valence-corrected chi connectivity index (χ2v) is 5.87. The molecule has 2 N–H and O–H groups in total. The van der Waals surface area contributed by atoms with Crippen LogP contribution in [0.3, 0.4) is 0 Å². The quantitative estimate of drug-likeness (QED) is 0.868. The predicted molar refractivity (Wildman–Crippen MR) is 77.1 cm³/mol. The number of nitrogens with one attached hydrogen (secondary N) is 1. The molecule has 0 aliphatic carbocycles. The Kier molecular flexibility index (Phi) is 4.12. The van der Waals surface area contributed by atoms with Crippen molar-refractivity contribution in [3.63, 3.8) is 0 Å². The number of aliphatic hydroxyl groups is 1. The Morgan fingerprint density at radius 3 is 2.90 bits per heavy atom. The Morgan fingerprint density at radius 1 is 1.33 bits per heavy atom. The lowest BCUT2D eigenvalue weighted by atomic mass is 9.93. The highest BCUT2D eigenvalue weighted by molar-refractivity contribution is 5.79. The number of para-hydroxylation sites is 1. The van der Waals surface area contributed by atoms with Gasteiger partial charge < -0.3 is 19.9 Å². The van der Waals surface area contributed by atoms with Gasteiger partial charge >= 0.3 is 0 Å². The molecule has 3 rings (SSSR count). The Bertz CT molecular complexity index is 511. The van der Waals surface area contributed by atoms with Crippen molar-refractivity contribution in [3.8, 4) is 5.75 Å². The number of ether oxygens (including phenoxy) is 2.